The Hall–Kier alpha value is -0.220. The second kappa shape index (κ2) is 7.39. The van der Waals surface area contributed by atoms with Gasteiger partial charge < -0.3 is 5.11 Å². The summed E-state index contributed by atoms with van der Waals surface area (Å²) in [4.78, 5) is 11.2. The van der Waals surface area contributed by atoms with Crippen LogP contribution in [-0.2, 0) is 4.79 Å². The summed E-state index contributed by atoms with van der Waals surface area (Å²) in [6.45, 7) is 10.9. The second-order valence-corrected chi connectivity index (χ2v) is 6.26. The molecule has 0 rings (SSSR count). The normalized spacial score (nSPS) is 14.6. The molecule has 0 aliphatic heterocycles. The van der Waals surface area contributed by atoms with Gasteiger partial charge in [-0.05, 0) is 24.7 Å². The molecule has 0 bridgehead atoms. The molecular formula is C14H29NO2S. The molecule has 4 heteroatoms. The van der Waals surface area contributed by atoms with Crippen molar-refractivity contribution in [3.05, 3.63) is 0 Å². The summed E-state index contributed by atoms with van der Waals surface area (Å²) in [7, 11) is 0. The lowest BCUT2D eigenvalue weighted by molar-refractivity contribution is -0.139. The molecule has 0 saturated carbocycles. The van der Waals surface area contributed by atoms with Crippen molar-refractivity contribution in [1.82, 2.24) is 5.32 Å². The molecule has 18 heavy (non-hydrogen) atoms. The van der Waals surface area contributed by atoms with Crippen LogP contribution in [0.15, 0.2) is 0 Å². The van der Waals surface area contributed by atoms with Crippen molar-refractivity contribution < 1.29 is 9.90 Å². The SMILES string of the molecule is CCC(C)(C)CC(CC)(CC)NC(CS)C(=O)O. The van der Waals surface area contributed by atoms with Crippen molar-refractivity contribution in [1.29, 1.82) is 0 Å². The maximum absolute atomic E-state index is 11.2. The Morgan fingerprint density at radius 2 is 1.72 bits per heavy atom. The van der Waals surface area contributed by atoms with E-state index in [1.54, 1.807) is 0 Å². The molecular weight excluding hydrogens is 246 g/mol. The van der Waals surface area contributed by atoms with Crippen LogP contribution in [0.4, 0.5) is 0 Å². The first-order chi connectivity index (χ1) is 8.25. The first kappa shape index (κ1) is 17.8. The monoisotopic (exact) mass is 275 g/mol. The van der Waals surface area contributed by atoms with Crippen LogP contribution in [-0.4, -0.2) is 28.4 Å². The van der Waals surface area contributed by atoms with E-state index in [1.165, 1.54) is 0 Å². The van der Waals surface area contributed by atoms with Crippen LogP contribution in [0.1, 0.15) is 60.3 Å². The fourth-order valence-corrected chi connectivity index (χ4v) is 2.60. The van der Waals surface area contributed by atoms with Crippen LogP contribution in [0, 0.1) is 5.41 Å². The highest BCUT2D eigenvalue weighted by atomic mass is 32.1. The van der Waals surface area contributed by atoms with Gasteiger partial charge in [-0.15, -0.1) is 0 Å². The van der Waals surface area contributed by atoms with Crippen LogP contribution >= 0.6 is 12.6 Å². The predicted octanol–water partition coefficient (Wildman–Crippen LogP) is 3.34. The molecule has 1 unspecified atom stereocenters. The summed E-state index contributed by atoms with van der Waals surface area (Å²) >= 11 is 4.14. The summed E-state index contributed by atoms with van der Waals surface area (Å²) in [5.41, 5.74) is 0.115. The number of carbonyl (C=O) groups is 1. The highest BCUT2D eigenvalue weighted by Crippen LogP contribution is 2.35. The summed E-state index contributed by atoms with van der Waals surface area (Å²) < 4.78 is 0. The number of carboxylic acid groups (broad SMARTS) is 1. The zero-order valence-electron chi connectivity index (χ0n) is 12.4. The number of hydrogen-bond acceptors (Lipinski definition) is 3. The standard InChI is InChI=1S/C14H29NO2S/c1-6-13(4,5)10-14(7-2,8-3)15-11(9-18)12(16)17/h11,15,18H,6-10H2,1-5H3,(H,16,17). The Morgan fingerprint density at radius 3 is 2.00 bits per heavy atom. The van der Waals surface area contributed by atoms with E-state index in [4.69, 9.17) is 0 Å². The lowest BCUT2D eigenvalue weighted by atomic mass is 9.74. The average Bonchev–Trinajstić information content (AvgIpc) is 2.34. The molecule has 0 fully saturated rings. The van der Waals surface area contributed by atoms with Crippen molar-refractivity contribution in [2.75, 3.05) is 5.75 Å². The molecule has 108 valence electrons. The largest absolute Gasteiger partial charge is 0.480 e. The Labute approximate surface area is 117 Å². The molecule has 3 nitrogen and oxygen atoms in total. The van der Waals surface area contributed by atoms with Gasteiger partial charge in [-0.1, -0.05) is 41.0 Å². The Kier molecular flexibility index (Phi) is 7.30. The molecule has 0 aromatic rings. The van der Waals surface area contributed by atoms with Crippen LogP contribution in [0.25, 0.3) is 0 Å². The van der Waals surface area contributed by atoms with Crippen molar-refractivity contribution in [3.63, 3.8) is 0 Å². The molecule has 0 aromatic heterocycles. The predicted molar refractivity (Wildman–Crippen MR) is 80.4 cm³/mol. The summed E-state index contributed by atoms with van der Waals surface area (Å²) in [5, 5.41) is 12.5. The third kappa shape index (κ3) is 5.19. The van der Waals surface area contributed by atoms with Crippen LogP contribution in [0.2, 0.25) is 0 Å². The Balaban J connectivity index is 4.96. The number of hydrogen-bond donors (Lipinski definition) is 3. The van der Waals surface area contributed by atoms with E-state index in [1.807, 2.05) is 0 Å². The van der Waals surface area contributed by atoms with E-state index in [-0.39, 0.29) is 11.0 Å². The van der Waals surface area contributed by atoms with E-state index in [0.717, 1.165) is 25.7 Å². The fraction of sp³-hybridized carbons (Fsp3) is 0.929. The smallest absolute Gasteiger partial charge is 0.321 e. The molecule has 0 saturated heterocycles. The van der Waals surface area contributed by atoms with Crippen molar-refractivity contribution in [2.24, 2.45) is 5.41 Å². The molecule has 0 radical (unpaired) electrons. The third-order valence-corrected chi connectivity index (χ3v) is 4.45. The summed E-state index contributed by atoms with van der Waals surface area (Å²) in [5.74, 6) is -0.491. The topological polar surface area (TPSA) is 49.3 Å². The second-order valence-electron chi connectivity index (χ2n) is 5.90. The number of carboxylic acids is 1. The highest BCUT2D eigenvalue weighted by molar-refractivity contribution is 7.80. The van der Waals surface area contributed by atoms with Crippen molar-refractivity contribution >= 4 is 18.6 Å². The lowest BCUT2D eigenvalue weighted by Gasteiger charge is -2.41. The van der Waals surface area contributed by atoms with Crippen LogP contribution < -0.4 is 5.32 Å². The number of thiol groups is 1. The van der Waals surface area contributed by atoms with E-state index in [2.05, 4.69) is 52.6 Å². The van der Waals surface area contributed by atoms with Gasteiger partial charge in [0.15, 0.2) is 0 Å². The quantitative estimate of drug-likeness (QED) is 0.566. The average molecular weight is 275 g/mol. The number of aliphatic carboxylic acids is 1. The van der Waals surface area contributed by atoms with E-state index in [9.17, 15) is 9.90 Å². The minimum atomic E-state index is -0.814. The van der Waals surface area contributed by atoms with E-state index in [0.29, 0.717) is 5.75 Å². The molecule has 0 spiro atoms. The number of rotatable bonds is 9. The Morgan fingerprint density at radius 1 is 1.22 bits per heavy atom. The Bertz CT molecular complexity index is 263. The molecule has 0 aliphatic rings. The minimum absolute atomic E-state index is 0.106. The van der Waals surface area contributed by atoms with Crippen LogP contribution in [0.5, 0.6) is 0 Å². The lowest BCUT2D eigenvalue weighted by Crippen LogP contribution is -2.55. The van der Waals surface area contributed by atoms with Gasteiger partial charge in [0.1, 0.15) is 6.04 Å². The van der Waals surface area contributed by atoms with Crippen molar-refractivity contribution in [3.8, 4) is 0 Å². The van der Waals surface area contributed by atoms with Gasteiger partial charge in [0.2, 0.25) is 0 Å². The number of nitrogens with one attached hydrogen (secondary N) is 1. The van der Waals surface area contributed by atoms with Gasteiger partial charge in [0.05, 0.1) is 0 Å². The molecule has 0 aromatic carbocycles. The zero-order valence-corrected chi connectivity index (χ0v) is 13.3. The highest BCUT2D eigenvalue weighted by Gasteiger charge is 2.35. The molecule has 2 N–H and O–H groups in total. The fourth-order valence-electron chi connectivity index (χ4n) is 2.35. The van der Waals surface area contributed by atoms with Gasteiger partial charge in [-0.2, -0.15) is 12.6 Å². The first-order valence-corrected chi connectivity index (χ1v) is 7.50. The minimum Gasteiger partial charge on any atom is -0.480 e. The van der Waals surface area contributed by atoms with Crippen LogP contribution in [0.3, 0.4) is 0 Å². The van der Waals surface area contributed by atoms with E-state index >= 15 is 0 Å². The van der Waals surface area contributed by atoms with Gasteiger partial charge >= 0.3 is 5.97 Å². The maximum atomic E-state index is 11.2. The summed E-state index contributed by atoms with van der Waals surface area (Å²) in [6.07, 6.45) is 3.95. The van der Waals surface area contributed by atoms with Gasteiger partial charge in [0.25, 0.3) is 0 Å². The summed E-state index contributed by atoms with van der Waals surface area (Å²) in [6, 6.07) is -0.569. The van der Waals surface area contributed by atoms with Crippen molar-refractivity contribution in [2.45, 2.75) is 71.9 Å². The zero-order chi connectivity index (χ0) is 14.4. The van der Waals surface area contributed by atoms with Gasteiger partial charge in [0, 0.05) is 11.3 Å². The molecule has 1 atom stereocenters. The molecule has 0 amide bonds. The third-order valence-electron chi connectivity index (χ3n) is 4.09. The van der Waals surface area contributed by atoms with Gasteiger partial charge in [-0.3, -0.25) is 10.1 Å². The van der Waals surface area contributed by atoms with Gasteiger partial charge in [-0.25, -0.2) is 0 Å². The maximum Gasteiger partial charge on any atom is 0.321 e. The molecule has 0 aliphatic carbocycles. The molecule has 0 heterocycles. The van der Waals surface area contributed by atoms with E-state index < -0.39 is 12.0 Å². The first-order valence-electron chi connectivity index (χ1n) is 6.87.